The van der Waals surface area contributed by atoms with E-state index in [2.05, 4.69) is 9.97 Å². The van der Waals surface area contributed by atoms with Crippen LogP contribution in [-0.4, -0.2) is 20.8 Å². The molecule has 96 valence electrons. The molecule has 0 atom stereocenters. The Morgan fingerprint density at radius 2 is 2.00 bits per heavy atom. The number of thiazole rings is 1. The van der Waals surface area contributed by atoms with E-state index < -0.39 is 5.69 Å². The minimum absolute atomic E-state index is 0.388. The first-order valence-electron chi connectivity index (χ1n) is 5.49. The fraction of sp³-hybridized carbons (Fsp3) is 0.0833. The van der Waals surface area contributed by atoms with Gasteiger partial charge in [0.1, 0.15) is 10.5 Å². The van der Waals surface area contributed by atoms with Gasteiger partial charge in [-0.1, -0.05) is 30.0 Å². The van der Waals surface area contributed by atoms with Crippen molar-refractivity contribution in [3.8, 4) is 5.69 Å². The molecule has 0 unspecified atom stereocenters. The number of rotatable bonds is 2. The van der Waals surface area contributed by atoms with Gasteiger partial charge in [0.2, 0.25) is 0 Å². The summed E-state index contributed by atoms with van der Waals surface area (Å²) in [7, 11) is 0. The molecule has 0 aliphatic rings. The third-order valence-electron chi connectivity index (χ3n) is 2.65. The minimum atomic E-state index is -0.408. The molecular formula is C12H10N4OS2. The smallest absolute Gasteiger partial charge is 0.355 e. The summed E-state index contributed by atoms with van der Waals surface area (Å²) in [4.78, 5) is 20.3. The standard InChI is InChI=1S/C12H10N4OS2/c1-18-12-15-10-8(19-12)9(13)16(11(17)14-10)7-5-3-2-4-6-7/h2-6H,13H2,1H3. The molecule has 0 saturated carbocycles. The molecule has 2 N–H and O–H groups in total. The number of benzene rings is 1. The number of thioether (sulfide) groups is 1. The third kappa shape index (κ3) is 2.00. The molecule has 0 saturated heterocycles. The second-order valence-electron chi connectivity index (χ2n) is 3.79. The second kappa shape index (κ2) is 4.67. The molecule has 1 aromatic carbocycles. The fourth-order valence-corrected chi connectivity index (χ4v) is 3.24. The summed E-state index contributed by atoms with van der Waals surface area (Å²) in [6.07, 6.45) is 1.93. The molecule has 0 fully saturated rings. The van der Waals surface area contributed by atoms with Gasteiger partial charge in [0.05, 0.1) is 5.69 Å². The molecular weight excluding hydrogens is 280 g/mol. The highest BCUT2D eigenvalue weighted by Gasteiger charge is 2.14. The number of nitrogen functional groups attached to an aromatic ring is 1. The summed E-state index contributed by atoms with van der Waals surface area (Å²) in [6, 6.07) is 9.23. The number of aromatic nitrogens is 3. The summed E-state index contributed by atoms with van der Waals surface area (Å²) >= 11 is 2.96. The first-order valence-corrected chi connectivity index (χ1v) is 7.53. The quantitative estimate of drug-likeness (QED) is 0.732. The summed E-state index contributed by atoms with van der Waals surface area (Å²) in [5, 5.41) is 0. The van der Waals surface area contributed by atoms with Crippen LogP contribution in [0, 0.1) is 0 Å². The van der Waals surface area contributed by atoms with E-state index in [0.29, 0.717) is 17.2 Å². The topological polar surface area (TPSA) is 73.8 Å². The lowest BCUT2D eigenvalue weighted by atomic mass is 10.3. The van der Waals surface area contributed by atoms with Gasteiger partial charge in [-0.05, 0) is 18.4 Å². The molecule has 0 aliphatic heterocycles. The van der Waals surface area contributed by atoms with Crippen LogP contribution in [-0.2, 0) is 0 Å². The lowest BCUT2D eigenvalue weighted by Gasteiger charge is -2.08. The average molecular weight is 290 g/mol. The van der Waals surface area contributed by atoms with E-state index >= 15 is 0 Å². The van der Waals surface area contributed by atoms with Crippen molar-refractivity contribution in [2.24, 2.45) is 0 Å². The summed E-state index contributed by atoms with van der Waals surface area (Å²) < 4.78 is 3.00. The zero-order valence-electron chi connectivity index (χ0n) is 10.0. The van der Waals surface area contributed by atoms with Gasteiger partial charge in [-0.25, -0.2) is 14.3 Å². The number of fused-ring (bicyclic) bond motifs is 1. The molecule has 5 nitrogen and oxygen atoms in total. The summed E-state index contributed by atoms with van der Waals surface area (Å²) in [5.74, 6) is 0.388. The Bertz CT molecular complexity index is 795. The van der Waals surface area contributed by atoms with Crippen molar-refractivity contribution < 1.29 is 0 Å². The predicted molar refractivity (Wildman–Crippen MR) is 79.2 cm³/mol. The Kier molecular flexibility index (Phi) is 3.00. The Morgan fingerprint density at radius 1 is 1.26 bits per heavy atom. The van der Waals surface area contributed by atoms with Gasteiger partial charge >= 0.3 is 5.69 Å². The molecule has 0 spiro atoms. The van der Waals surface area contributed by atoms with Crippen molar-refractivity contribution in [3.05, 3.63) is 40.8 Å². The molecule has 0 aliphatic carbocycles. The van der Waals surface area contributed by atoms with Crippen molar-refractivity contribution >= 4 is 39.3 Å². The van der Waals surface area contributed by atoms with Gasteiger partial charge in [0.15, 0.2) is 9.99 Å². The van der Waals surface area contributed by atoms with E-state index in [1.165, 1.54) is 27.7 Å². The summed E-state index contributed by atoms with van der Waals surface area (Å²) in [5.41, 5.74) is 6.82. The normalized spacial score (nSPS) is 11.0. The van der Waals surface area contributed by atoms with Gasteiger partial charge < -0.3 is 5.73 Å². The van der Waals surface area contributed by atoms with E-state index in [1.807, 2.05) is 36.6 Å². The number of hydrogen-bond acceptors (Lipinski definition) is 6. The minimum Gasteiger partial charge on any atom is -0.383 e. The van der Waals surface area contributed by atoms with Crippen LogP contribution >= 0.6 is 23.1 Å². The first kappa shape index (κ1) is 12.2. The lowest BCUT2D eigenvalue weighted by molar-refractivity contribution is 0.945. The van der Waals surface area contributed by atoms with Crippen molar-refractivity contribution in [1.29, 1.82) is 0 Å². The lowest BCUT2D eigenvalue weighted by Crippen LogP contribution is -2.23. The largest absolute Gasteiger partial charge is 0.383 e. The van der Waals surface area contributed by atoms with Gasteiger partial charge in [-0.3, -0.25) is 0 Å². The molecule has 2 aromatic heterocycles. The fourth-order valence-electron chi connectivity index (χ4n) is 1.79. The van der Waals surface area contributed by atoms with Crippen LogP contribution in [0.3, 0.4) is 0 Å². The van der Waals surface area contributed by atoms with E-state index in [-0.39, 0.29) is 0 Å². The van der Waals surface area contributed by atoms with Crippen LogP contribution in [0.25, 0.3) is 16.0 Å². The molecule has 3 aromatic rings. The van der Waals surface area contributed by atoms with Crippen LogP contribution in [0.5, 0.6) is 0 Å². The highest BCUT2D eigenvalue weighted by molar-refractivity contribution is 8.00. The number of anilines is 1. The van der Waals surface area contributed by atoms with E-state index in [9.17, 15) is 4.79 Å². The Balaban J connectivity index is 2.34. The monoisotopic (exact) mass is 290 g/mol. The summed E-state index contributed by atoms with van der Waals surface area (Å²) in [6.45, 7) is 0. The molecule has 0 amide bonds. The van der Waals surface area contributed by atoms with Gasteiger partial charge in [-0.15, -0.1) is 11.3 Å². The maximum absolute atomic E-state index is 12.1. The molecule has 2 heterocycles. The Labute approximate surface area is 117 Å². The van der Waals surface area contributed by atoms with Crippen molar-refractivity contribution in [1.82, 2.24) is 14.5 Å². The van der Waals surface area contributed by atoms with Gasteiger partial charge in [0, 0.05) is 0 Å². The first-order chi connectivity index (χ1) is 9.20. The van der Waals surface area contributed by atoms with Gasteiger partial charge in [-0.2, -0.15) is 4.98 Å². The number of nitrogens with zero attached hydrogens (tertiary/aromatic N) is 3. The van der Waals surface area contributed by atoms with Crippen LogP contribution in [0.2, 0.25) is 0 Å². The van der Waals surface area contributed by atoms with Crippen molar-refractivity contribution in [3.63, 3.8) is 0 Å². The van der Waals surface area contributed by atoms with Crippen molar-refractivity contribution in [2.45, 2.75) is 4.34 Å². The number of nitrogens with two attached hydrogens (primary N) is 1. The Hall–Kier alpha value is -1.86. The van der Waals surface area contributed by atoms with E-state index in [0.717, 1.165) is 9.04 Å². The molecule has 0 radical (unpaired) electrons. The second-order valence-corrected chi connectivity index (χ2v) is 5.84. The maximum atomic E-state index is 12.1. The molecule has 0 bridgehead atoms. The van der Waals surface area contributed by atoms with E-state index in [4.69, 9.17) is 5.73 Å². The average Bonchev–Trinajstić information content (AvgIpc) is 2.83. The maximum Gasteiger partial charge on any atom is 0.355 e. The SMILES string of the molecule is CSc1nc2nc(=O)n(-c3ccccc3)c(N)c2s1. The number of hydrogen-bond donors (Lipinski definition) is 1. The highest BCUT2D eigenvalue weighted by atomic mass is 32.2. The molecule has 3 rings (SSSR count). The Morgan fingerprint density at radius 3 is 2.68 bits per heavy atom. The van der Waals surface area contributed by atoms with Gasteiger partial charge in [0.25, 0.3) is 0 Å². The van der Waals surface area contributed by atoms with Crippen LogP contribution in [0.15, 0.2) is 39.5 Å². The zero-order valence-corrected chi connectivity index (χ0v) is 11.7. The van der Waals surface area contributed by atoms with Crippen LogP contribution in [0.1, 0.15) is 0 Å². The zero-order chi connectivity index (χ0) is 13.4. The number of para-hydroxylation sites is 1. The highest BCUT2D eigenvalue weighted by Crippen LogP contribution is 2.30. The molecule has 7 heteroatoms. The van der Waals surface area contributed by atoms with Crippen LogP contribution < -0.4 is 11.4 Å². The van der Waals surface area contributed by atoms with Crippen molar-refractivity contribution in [2.75, 3.05) is 12.0 Å². The third-order valence-corrected chi connectivity index (χ3v) is 4.70. The molecule has 19 heavy (non-hydrogen) atoms. The predicted octanol–water partition coefficient (Wildman–Crippen LogP) is 2.15. The van der Waals surface area contributed by atoms with E-state index in [1.54, 1.807) is 0 Å². The van der Waals surface area contributed by atoms with Crippen LogP contribution in [0.4, 0.5) is 5.82 Å².